The molecule has 11 heteroatoms. The van der Waals surface area contributed by atoms with Crippen LogP contribution in [0.1, 0.15) is 76.2 Å². The Kier molecular flexibility index (Phi) is 8.07. The van der Waals surface area contributed by atoms with Crippen LogP contribution < -0.4 is 19.8 Å². The van der Waals surface area contributed by atoms with Crippen LogP contribution in [-0.2, 0) is 4.74 Å². The van der Waals surface area contributed by atoms with Crippen molar-refractivity contribution in [1.29, 1.82) is 0 Å². The minimum Gasteiger partial charge on any atom is -0.490 e. The van der Waals surface area contributed by atoms with Gasteiger partial charge in [0, 0.05) is 0 Å². The first-order valence-corrected chi connectivity index (χ1v) is 14.2. The summed E-state index contributed by atoms with van der Waals surface area (Å²) >= 11 is 0.968. The molecule has 1 amide bonds. The molecule has 1 unspecified atom stereocenters. The molecular weight excluding hydrogens is 551 g/mol. The van der Waals surface area contributed by atoms with E-state index in [-0.39, 0.29) is 32.3 Å². The minimum absolute atomic E-state index is 0.00915. The van der Waals surface area contributed by atoms with E-state index in [0.29, 0.717) is 36.0 Å². The number of anilines is 1. The number of hydrogen-bond donors (Lipinski definition) is 0. The third-order valence-electron chi connectivity index (χ3n) is 6.78. The van der Waals surface area contributed by atoms with E-state index in [9.17, 15) is 18.8 Å². The molecule has 0 saturated carbocycles. The number of nitrogens with zero attached hydrogens (tertiary/aromatic N) is 2. The second kappa shape index (κ2) is 11.7. The van der Waals surface area contributed by atoms with Gasteiger partial charge in [0.25, 0.3) is 5.91 Å². The minimum atomic E-state index is -0.995. The van der Waals surface area contributed by atoms with Crippen molar-refractivity contribution < 1.29 is 32.6 Å². The van der Waals surface area contributed by atoms with Crippen molar-refractivity contribution in [3.05, 3.63) is 79.9 Å². The molecule has 5 rings (SSSR count). The maximum Gasteiger partial charge on any atom is 0.350 e. The Morgan fingerprint density at radius 3 is 2.63 bits per heavy atom. The Hall–Kier alpha value is -4.25. The highest BCUT2D eigenvalue weighted by Crippen LogP contribution is 2.45. The average Bonchev–Trinajstić information content (AvgIpc) is 3.49. The molecule has 41 heavy (non-hydrogen) atoms. The van der Waals surface area contributed by atoms with Gasteiger partial charge in [-0.1, -0.05) is 37.2 Å². The number of methoxy groups -OCH3 is 1. The number of hydrogen-bond acceptors (Lipinski definition) is 9. The predicted molar refractivity (Wildman–Crippen MR) is 152 cm³/mol. The van der Waals surface area contributed by atoms with Crippen LogP contribution in [0, 0.1) is 12.7 Å². The van der Waals surface area contributed by atoms with E-state index in [1.807, 2.05) is 6.92 Å². The van der Waals surface area contributed by atoms with Crippen LogP contribution in [-0.4, -0.2) is 37.2 Å². The molecule has 0 bridgehead atoms. The molecule has 214 valence electrons. The quantitative estimate of drug-likeness (QED) is 0.161. The molecule has 0 aliphatic carbocycles. The first-order chi connectivity index (χ1) is 19.8. The van der Waals surface area contributed by atoms with E-state index in [0.717, 1.165) is 42.7 Å². The lowest BCUT2D eigenvalue weighted by Gasteiger charge is -2.23. The molecule has 0 radical (unpaired) electrons. The second-order valence-corrected chi connectivity index (χ2v) is 10.5. The molecule has 2 aromatic carbocycles. The molecular formula is C30H29FN2O7S. The van der Waals surface area contributed by atoms with Gasteiger partial charge >= 0.3 is 5.97 Å². The summed E-state index contributed by atoms with van der Waals surface area (Å²) in [6, 6.07) is 7.77. The van der Waals surface area contributed by atoms with Crippen LogP contribution in [0.5, 0.6) is 11.5 Å². The number of esters is 1. The summed E-state index contributed by atoms with van der Waals surface area (Å²) < 4.78 is 36.8. The third kappa shape index (κ3) is 5.17. The summed E-state index contributed by atoms with van der Waals surface area (Å²) in [5.41, 5.74) is 0.481. The zero-order valence-electron chi connectivity index (χ0n) is 23.1. The number of ether oxygens (including phenoxy) is 3. The Labute approximate surface area is 239 Å². The first kappa shape index (κ1) is 28.3. The Morgan fingerprint density at radius 1 is 1.10 bits per heavy atom. The lowest BCUT2D eigenvalue weighted by Crippen LogP contribution is -2.29. The number of amides is 1. The fourth-order valence-electron chi connectivity index (χ4n) is 4.84. The van der Waals surface area contributed by atoms with Gasteiger partial charge in [0.2, 0.25) is 5.76 Å². The molecule has 1 aliphatic heterocycles. The van der Waals surface area contributed by atoms with Gasteiger partial charge in [0.1, 0.15) is 16.3 Å². The monoisotopic (exact) mass is 580 g/mol. The molecule has 0 spiro atoms. The highest BCUT2D eigenvalue weighted by atomic mass is 32.1. The van der Waals surface area contributed by atoms with Crippen LogP contribution in [0.15, 0.2) is 45.6 Å². The Balaban J connectivity index is 1.69. The number of rotatable bonds is 10. The van der Waals surface area contributed by atoms with Gasteiger partial charge in [-0.05, 0) is 56.2 Å². The van der Waals surface area contributed by atoms with Gasteiger partial charge < -0.3 is 18.6 Å². The maximum absolute atomic E-state index is 14.2. The number of unbranched alkanes of at least 4 members (excludes halogenated alkanes) is 2. The number of halogens is 1. The molecule has 1 aliphatic rings. The van der Waals surface area contributed by atoms with Crippen LogP contribution >= 0.6 is 11.3 Å². The zero-order chi connectivity index (χ0) is 29.3. The lowest BCUT2D eigenvalue weighted by atomic mass is 9.98. The van der Waals surface area contributed by atoms with Gasteiger partial charge in [-0.2, -0.15) is 0 Å². The summed E-state index contributed by atoms with van der Waals surface area (Å²) in [6.45, 7) is 6.46. The summed E-state index contributed by atoms with van der Waals surface area (Å²) in [5, 5.41) is 0.187. The molecule has 1 atom stereocenters. The van der Waals surface area contributed by atoms with Crippen LogP contribution in [0.4, 0.5) is 9.52 Å². The largest absolute Gasteiger partial charge is 0.490 e. The summed E-state index contributed by atoms with van der Waals surface area (Å²) in [6.07, 6.45) is 2.97. The molecule has 4 aromatic rings. The molecule has 2 aromatic heterocycles. The lowest BCUT2D eigenvalue weighted by molar-refractivity contribution is 0.0605. The van der Waals surface area contributed by atoms with Crippen molar-refractivity contribution in [2.45, 2.75) is 46.1 Å². The average molecular weight is 581 g/mol. The topological polar surface area (TPSA) is 108 Å². The number of aromatic nitrogens is 1. The predicted octanol–water partition coefficient (Wildman–Crippen LogP) is 6.20. The van der Waals surface area contributed by atoms with E-state index < -0.39 is 29.2 Å². The van der Waals surface area contributed by atoms with Crippen molar-refractivity contribution in [3.63, 3.8) is 0 Å². The molecule has 9 nitrogen and oxygen atoms in total. The van der Waals surface area contributed by atoms with Gasteiger partial charge in [0.05, 0.1) is 43.0 Å². The van der Waals surface area contributed by atoms with Crippen LogP contribution in [0.3, 0.4) is 0 Å². The second-order valence-electron chi connectivity index (χ2n) is 9.49. The van der Waals surface area contributed by atoms with Gasteiger partial charge in [-0.25, -0.2) is 14.2 Å². The molecule has 0 fully saturated rings. The van der Waals surface area contributed by atoms with Crippen molar-refractivity contribution in [2.24, 2.45) is 0 Å². The molecule has 3 heterocycles. The van der Waals surface area contributed by atoms with Crippen LogP contribution in [0.2, 0.25) is 0 Å². The summed E-state index contributed by atoms with van der Waals surface area (Å²) in [7, 11) is 1.26. The number of thiazole rings is 1. The Bertz CT molecular complexity index is 1700. The maximum atomic E-state index is 14.2. The number of carbonyl (C=O) groups is 2. The van der Waals surface area contributed by atoms with Gasteiger partial charge in [-0.3, -0.25) is 14.5 Å². The standard InChI is InChI=1S/C30H29FN2O7S/c1-5-7-8-13-39-21-11-9-17(14-22(21)38-6-2)24-23-25(34)19-15-18(31)10-12-20(19)40-26(23)28(35)33(24)30-32-16(3)27(41-30)29(36)37-4/h9-12,14-15,24H,5-8,13H2,1-4H3. The fourth-order valence-corrected chi connectivity index (χ4v) is 5.85. The van der Waals surface area contributed by atoms with Crippen molar-refractivity contribution in [1.82, 2.24) is 4.98 Å². The number of benzene rings is 2. The fraction of sp³-hybridized carbons (Fsp3) is 0.333. The van der Waals surface area contributed by atoms with E-state index >= 15 is 0 Å². The zero-order valence-corrected chi connectivity index (χ0v) is 23.9. The van der Waals surface area contributed by atoms with E-state index in [1.165, 1.54) is 18.1 Å². The number of carbonyl (C=O) groups excluding carboxylic acids is 2. The smallest absolute Gasteiger partial charge is 0.350 e. The van der Waals surface area contributed by atoms with E-state index in [2.05, 4.69) is 11.9 Å². The van der Waals surface area contributed by atoms with E-state index in [4.69, 9.17) is 18.6 Å². The number of fused-ring (bicyclic) bond motifs is 2. The number of aryl methyl sites for hydroxylation is 1. The Morgan fingerprint density at radius 2 is 1.90 bits per heavy atom. The highest BCUT2D eigenvalue weighted by molar-refractivity contribution is 7.17. The molecule has 0 N–H and O–H groups in total. The van der Waals surface area contributed by atoms with Crippen molar-refractivity contribution in [2.75, 3.05) is 25.2 Å². The summed E-state index contributed by atoms with van der Waals surface area (Å²) in [4.78, 5) is 46.1. The molecule has 0 saturated heterocycles. The van der Waals surface area contributed by atoms with E-state index in [1.54, 1.807) is 25.1 Å². The van der Waals surface area contributed by atoms with Gasteiger partial charge in [0.15, 0.2) is 22.1 Å². The summed E-state index contributed by atoms with van der Waals surface area (Å²) in [5.74, 6) is -1.01. The SMILES string of the molecule is CCCCCOc1ccc(C2c3c(oc4ccc(F)cc4c3=O)C(=O)N2c2nc(C)c(C(=O)OC)s2)cc1OCC. The van der Waals surface area contributed by atoms with Crippen LogP contribution in [0.25, 0.3) is 11.0 Å². The van der Waals surface area contributed by atoms with Gasteiger partial charge in [-0.15, -0.1) is 0 Å². The third-order valence-corrected chi connectivity index (χ3v) is 7.92. The highest BCUT2D eigenvalue weighted by Gasteiger charge is 2.45. The normalized spacial score (nSPS) is 14.4. The first-order valence-electron chi connectivity index (χ1n) is 13.3. The van der Waals surface area contributed by atoms with Crippen molar-refractivity contribution in [3.8, 4) is 11.5 Å². The van der Waals surface area contributed by atoms with Crippen molar-refractivity contribution >= 4 is 39.3 Å².